The molecule has 0 spiro atoms. The van der Waals surface area contributed by atoms with Crippen LogP contribution >= 0.6 is 0 Å². The minimum atomic E-state index is -0.594. The summed E-state index contributed by atoms with van der Waals surface area (Å²) in [6.07, 6.45) is 3.20. The van der Waals surface area contributed by atoms with E-state index in [4.69, 9.17) is 4.74 Å². The zero-order chi connectivity index (χ0) is 21.4. The van der Waals surface area contributed by atoms with Crippen molar-refractivity contribution >= 4 is 11.8 Å². The molecular weight excluding hydrogens is 382 g/mol. The van der Waals surface area contributed by atoms with Crippen LogP contribution in [-0.4, -0.2) is 33.2 Å². The van der Waals surface area contributed by atoms with Crippen molar-refractivity contribution in [2.75, 3.05) is 7.11 Å². The lowest BCUT2D eigenvalue weighted by Crippen LogP contribution is -2.15. The molecule has 2 aromatic rings. The van der Waals surface area contributed by atoms with Gasteiger partial charge >= 0.3 is 5.97 Å². The van der Waals surface area contributed by atoms with Crippen LogP contribution < -0.4 is 5.56 Å². The van der Waals surface area contributed by atoms with Crippen molar-refractivity contribution in [2.45, 2.75) is 13.8 Å². The molecule has 2 aromatic carbocycles. The Labute approximate surface area is 172 Å². The van der Waals surface area contributed by atoms with Gasteiger partial charge < -0.3 is 9.30 Å². The fourth-order valence-corrected chi connectivity index (χ4v) is 3.32. The summed E-state index contributed by atoms with van der Waals surface area (Å²) in [4.78, 5) is 37.1. The zero-order valence-corrected chi connectivity index (χ0v) is 16.7. The summed E-state index contributed by atoms with van der Waals surface area (Å²) in [5.74, 6) is -0.637. The van der Waals surface area contributed by atoms with Crippen LogP contribution in [0.15, 0.2) is 65.7 Å². The zero-order valence-electron chi connectivity index (χ0n) is 16.7. The molecule has 150 valence electrons. The molecule has 0 atom stereocenters. The van der Waals surface area contributed by atoms with Crippen LogP contribution in [0.5, 0.6) is 0 Å². The molecule has 2 aliphatic heterocycles. The largest absolute Gasteiger partial charge is 0.465 e. The van der Waals surface area contributed by atoms with Gasteiger partial charge in [0, 0.05) is 23.6 Å². The standard InChI is InChI=1S/C23H19N3O4/c1-14-5-4-6-18(11-14)26-22(28)19-12-25(13-20(21(19)24-26)23(29)30-3)17-9-7-16(8-10-17)15(2)27/h4-13H,1-3H3. The Bertz CT molecular complexity index is 1300. The van der Waals surface area contributed by atoms with E-state index in [1.165, 1.54) is 18.7 Å². The lowest BCUT2D eigenvalue weighted by atomic mass is 10.1. The maximum atomic E-state index is 13.1. The van der Waals surface area contributed by atoms with E-state index >= 15 is 0 Å². The van der Waals surface area contributed by atoms with Gasteiger partial charge in [-0.1, -0.05) is 12.1 Å². The molecule has 0 amide bonds. The molecule has 4 rings (SSSR count). The van der Waals surface area contributed by atoms with Crippen molar-refractivity contribution in [3.63, 3.8) is 0 Å². The van der Waals surface area contributed by atoms with Gasteiger partial charge in [0.05, 0.1) is 18.4 Å². The topological polar surface area (TPSA) is 83.2 Å². The van der Waals surface area contributed by atoms with Crippen LogP contribution in [0.4, 0.5) is 0 Å². The van der Waals surface area contributed by atoms with Crippen molar-refractivity contribution in [1.82, 2.24) is 14.3 Å². The number of benzene rings is 2. The molecule has 0 aliphatic carbocycles. The Kier molecular flexibility index (Phi) is 4.79. The number of nitrogens with zero attached hydrogens (tertiary/aromatic N) is 3. The molecule has 2 aliphatic rings. The number of carbonyl (C=O) groups is 2. The molecule has 0 saturated carbocycles. The minimum Gasteiger partial charge on any atom is -0.465 e. The Balaban J connectivity index is 1.95. The Morgan fingerprint density at radius 3 is 2.37 bits per heavy atom. The molecule has 7 nitrogen and oxygen atoms in total. The first kappa shape index (κ1) is 19.3. The van der Waals surface area contributed by atoms with E-state index in [0.29, 0.717) is 16.9 Å². The van der Waals surface area contributed by atoms with E-state index < -0.39 is 5.97 Å². The smallest absolute Gasteiger partial charge is 0.341 e. The second-order valence-corrected chi connectivity index (χ2v) is 6.99. The van der Waals surface area contributed by atoms with Gasteiger partial charge in [0.15, 0.2) is 5.78 Å². The number of ketones is 1. The van der Waals surface area contributed by atoms with E-state index in [0.717, 1.165) is 5.56 Å². The summed E-state index contributed by atoms with van der Waals surface area (Å²) in [7, 11) is 1.28. The van der Waals surface area contributed by atoms with E-state index in [2.05, 4.69) is 5.10 Å². The average Bonchev–Trinajstić information content (AvgIpc) is 3.09. The quantitative estimate of drug-likeness (QED) is 0.386. The highest BCUT2D eigenvalue weighted by Crippen LogP contribution is 2.25. The van der Waals surface area contributed by atoms with Crippen molar-refractivity contribution in [1.29, 1.82) is 0 Å². The molecule has 0 N–H and O–H groups in total. The van der Waals surface area contributed by atoms with Gasteiger partial charge in [0.25, 0.3) is 5.56 Å². The predicted molar refractivity (Wildman–Crippen MR) is 112 cm³/mol. The van der Waals surface area contributed by atoms with Gasteiger partial charge in [0.1, 0.15) is 11.3 Å². The van der Waals surface area contributed by atoms with Crippen LogP contribution in [0, 0.1) is 6.92 Å². The average molecular weight is 401 g/mol. The highest BCUT2D eigenvalue weighted by Gasteiger charge is 2.25. The van der Waals surface area contributed by atoms with Crippen molar-refractivity contribution < 1.29 is 14.3 Å². The first-order valence-electron chi connectivity index (χ1n) is 9.31. The molecule has 0 aromatic heterocycles. The summed E-state index contributed by atoms with van der Waals surface area (Å²) in [5, 5.41) is 4.41. The third kappa shape index (κ3) is 3.30. The van der Waals surface area contributed by atoms with E-state index in [9.17, 15) is 14.4 Å². The minimum absolute atomic E-state index is 0.0430. The Hall–Kier alpha value is -4.00. The molecule has 0 bridgehead atoms. The number of carbonyl (C=O) groups excluding carboxylic acids is 2. The van der Waals surface area contributed by atoms with Crippen LogP contribution in [-0.2, 0) is 4.74 Å². The molecule has 7 heteroatoms. The lowest BCUT2D eigenvalue weighted by Gasteiger charge is -2.12. The van der Waals surface area contributed by atoms with Gasteiger partial charge in [-0.2, -0.15) is 9.78 Å². The number of hydrogen-bond donors (Lipinski definition) is 0. The highest BCUT2D eigenvalue weighted by atomic mass is 16.5. The highest BCUT2D eigenvalue weighted by molar-refractivity contribution is 5.96. The predicted octanol–water partition coefficient (Wildman–Crippen LogP) is 3.43. The van der Waals surface area contributed by atoms with Gasteiger partial charge in [-0.3, -0.25) is 9.59 Å². The summed E-state index contributed by atoms with van der Waals surface area (Å²) in [6, 6.07) is 14.3. The Morgan fingerprint density at radius 1 is 1.00 bits per heavy atom. The first-order valence-corrected chi connectivity index (χ1v) is 9.31. The van der Waals surface area contributed by atoms with E-state index in [-0.39, 0.29) is 28.2 Å². The van der Waals surface area contributed by atoms with Gasteiger partial charge in [0.2, 0.25) is 0 Å². The van der Waals surface area contributed by atoms with Gasteiger partial charge in [-0.05, 0) is 55.8 Å². The Morgan fingerprint density at radius 2 is 1.73 bits per heavy atom. The molecule has 2 heterocycles. The van der Waals surface area contributed by atoms with E-state index in [1.807, 2.05) is 25.1 Å². The maximum Gasteiger partial charge on any atom is 0.341 e. The van der Waals surface area contributed by atoms with Crippen molar-refractivity contribution in [2.24, 2.45) is 0 Å². The number of Topliss-reactive ketones (excluding diaryl/α,β-unsaturated/α-hetero) is 1. The second-order valence-electron chi connectivity index (χ2n) is 6.99. The molecule has 30 heavy (non-hydrogen) atoms. The molecule has 0 saturated heterocycles. The second kappa shape index (κ2) is 7.44. The summed E-state index contributed by atoms with van der Waals surface area (Å²) >= 11 is 0. The third-order valence-corrected chi connectivity index (χ3v) is 4.89. The van der Waals surface area contributed by atoms with Crippen LogP contribution in [0.3, 0.4) is 0 Å². The lowest BCUT2D eigenvalue weighted by molar-refractivity contribution is 0.0600. The fraction of sp³-hybridized carbons (Fsp3) is 0.130. The summed E-state index contributed by atoms with van der Waals surface area (Å²) in [5.41, 5.74) is 3.26. The molecular formula is C23H19N3O4. The number of esters is 1. The van der Waals surface area contributed by atoms with Crippen LogP contribution in [0.1, 0.15) is 33.2 Å². The number of hydrogen-bond acceptors (Lipinski definition) is 5. The number of aromatic nitrogens is 3. The molecule has 0 radical (unpaired) electrons. The third-order valence-electron chi connectivity index (χ3n) is 4.89. The number of fused-ring (bicyclic) bond motifs is 1. The summed E-state index contributed by atoms with van der Waals surface area (Å²) < 4.78 is 7.85. The van der Waals surface area contributed by atoms with Crippen LogP contribution in [0.25, 0.3) is 22.6 Å². The van der Waals surface area contributed by atoms with E-state index in [1.54, 1.807) is 47.3 Å². The maximum absolute atomic E-state index is 13.1. The first-order chi connectivity index (χ1) is 14.4. The number of pyridine rings is 1. The van der Waals surface area contributed by atoms with Crippen molar-refractivity contribution in [3.8, 4) is 22.6 Å². The number of rotatable bonds is 4. The normalized spacial score (nSPS) is 10.9. The fourth-order valence-electron chi connectivity index (χ4n) is 3.32. The number of methoxy groups -OCH3 is 1. The van der Waals surface area contributed by atoms with Gasteiger partial charge in [-0.25, -0.2) is 4.79 Å². The van der Waals surface area contributed by atoms with Gasteiger partial charge in [-0.15, -0.1) is 0 Å². The van der Waals surface area contributed by atoms with Crippen molar-refractivity contribution in [3.05, 3.63) is 88.0 Å². The summed E-state index contributed by atoms with van der Waals surface area (Å²) in [6.45, 7) is 3.42. The molecule has 0 unspecified atom stereocenters. The number of ether oxygens (including phenoxy) is 1. The SMILES string of the molecule is COC(=O)c1cn(-c2ccc(C(C)=O)cc2)cc2c(=O)n(-c3cccc(C)c3)nc1-2. The molecule has 0 fully saturated rings. The number of aryl methyl sites for hydroxylation is 1. The van der Waals surface area contributed by atoms with Crippen LogP contribution in [0.2, 0.25) is 0 Å². The monoisotopic (exact) mass is 401 g/mol.